The third kappa shape index (κ3) is 11.5. The lowest BCUT2D eigenvalue weighted by molar-refractivity contribution is 0.563. The zero-order valence-electron chi connectivity index (χ0n) is 61.0. The molecule has 0 heterocycles. The molecular formula is C104H79BClN2. The molecule has 20 rings (SSSR count). The summed E-state index contributed by atoms with van der Waals surface area (Å²) in [4.78, 5) is 2.41. The highest BCUT2D eigenvalue weighted by Crippen LogP contribution is 2.64. The van der Waals surface area contributed by atoms with Gasteiger partial charge in [-0.25, -0.2) is 0 Å². The molecule has 1 N–H and O–H groups in total. The van der Waals surface area contributed by atoms with Gasteiger partial charge in [-0.15, -0.1) is 0 Å². The summed E-state index contributed by atoms with van der Waals surface area (Å²) in [6.07, 6.45) is 0. The SMILES string of the molecule is CC1(C)c2ccccc2C2(c3ccccc3-c3cc(Cl)ccc32)c2ccccc21.CC1(C)c2ccccc2C2(c3ccccc3-c3cc(N(c4ccc(-c5ccccc5)cc4)c4ccc(-c5ccccc5)cc4)ccc32)c2ccccc21.[B].c1ccc(-c2ccc(Nc3ccc(-c4ccccc4)cc3)cc2)cc1. The van der Waals surface area contributed by atoms with E-state index in [2.05, 4.69) is 420 Å². The van der Waals surface area contributed by atoms with Gasteiger partial charge < -0.3 is 10.2 Å². The van der Waals surface area contributed by atoms with Gasteiger partial charge in [0.1, 0.15) is 0 Å². The standard InChI is InChI=1S/C52H39N.C28H21Cl.C24H19N.B/c1-51(2)47-21-11-13-23-49(47)52(50-24-14-12-22-48(50)51)45-20-10-9-19-43(45)44-35-42(33-34-46(44)52)53(40-29-25-38(26-30-40)36-15-5-3-6-16-36)41-31-27-39(28-32-41)37-17-7-4-8-18-37;1-27(2)23-11-5-7-13-25(23)28(26-14-8-6-12-24(26)27)21-10-4-3-9-19(21)20-17-18(29)15-16-22(20)28;1-3-7-19(8-4-1)21-11-15-23(16-12-21)25-24-17-13-22(14-18-24)20-9-5-2-6-10-20;/h3-35H,1-2H3;3-17H,1-2H3;1-18,25H;. The van der Waals surface area contributed by atoms with E-state index in [0.29, 0.717) is 0 Å². The van der Waals surface area contributed by atoms with Gasteiger partial charge in [-0.1, -0.05) is 367 Å². The van der Waals surface area contributed by atoms with Crippen LogP contribution in [0.5, 0.6) is 0 Å². The summed E-state index contributed by atoms with van der Waals surface area (Å²) < 4.78 is 0. The van der Waals surface area contributed by atoms with Crippen LogP contribution in [0.25, 0.3) is 66.8 Å². The van der Waals surface area contributed by atoms with Crippen LogP contribution in [-0.2, 0) is 21.7 Å². The Morgan fingerprint density at radius 1 is 0.213 bits per heavy atom. The van der Waals surface area contributed by atoms with E-state index in [1.165, 1.54) is 134 Å². The van der Waals surface area contributed by atoms with Gasteiger partial charge in [-0.3, -0.25) is 0 Å². The van der Waals surface area contributed by atoms with Crippen LogP contribution in [-0.4, -0.2) is 8.41 Å². The van der Waals surface area contributed by atoms with E-state index < -0.39 is 5.41 Å². The summed E-state index contributed by atoms with van der Waals surface area (Å²) in [7, 11) is 0. The van der Waals surface area contributed by atoms with Crippen LogP contribution in [0.4, 0.5) is 28.4 Å². The Bertz CT molecular complexity index is 5690. The van der Waals surface area contributed by atoms with Crippen molar-refractivity contribution >= 4 is 48.5 Å². The zero-order chi connectivity index (χ0) is 72.3. The summed E-state index contributed by atoms with van der Waals surface area (Å²) in [5.74, 6) is 0. The number of halogens is 1. The molecule has 16 aromatic rings. The van der Waals surface area contributed by atoms with Gasteiger partial charge >= 0.3 is 0 Å². The van der Waals surface area contributed by atoms with Crippen molar-refractivity contribution in [2.45, 2.75) is 49.4 Å². The maximum Gasteiger partial charge on any atom is 0.0719 e. The van der Waals surface area contributed by atoms with Crippen LogP contribution in [0.3, 0.4) is 0 Å². The first-order chi connectivity index (χ1) is 52.5. The van der Waals surface area contributed by atoms with Crippen LogP contribution in [0, 0.1) is 0 Å². The van der Waals surface area contributed by atoms with Crippen molar-refractivity contribution in [1.29, 1.82) is 0 Å². The fourth-order valence-corrected chi connectivity index (χ4v) is 18.2. The van der Waals surface area contributed by atoms with Crippen molar-refractivity contribution in [1.82, 2.24) is 0 Å². The molecule has 0 amide bonds. The summed E-state index contributed by atoms with van der Waals surface area (Å²) in [6.45, 7) is 9.46. The Kier molecular flexibility index (Phi) is 17.8. The molecule has 2 spiro atoms. The topological polar surface area (TPSA) is 15.3 Å². The Hall–Kier alpha value is -12.5. The fraction of sp³-hybridized carbons (Fsp3) is 0.0769. The molecule has 4 aliphatic rings. The number of rotatable bonds is 9. The molecule has 0 aliphatic heterocycles. The molecule has 0 bridgehead atoms. The van der Waals surface area contributed by atoms with E-state index in [-0.39, 0.29) is 24.7 Å². The molecule has 16 aromatic carbocycles. The Morgan fingerprint density at radius 2 is 0.454 bits per heavy atom. The third-order valence-electron chi connectivity index (χ3n) is 23.0. The van der Waals surface area contributed by atoms with Gasteiger partial charge in [0.25, 0.3) is 0 Å². The molecule has 2 nitrogen and oxygen atoms in total. The first-order valence-electron chi connectivity index (χ1n) is 37.2. The van der Waals surface area contributed by atoms with E-state index in [1.54, 1.807) is 0 Å². The molecule has 0 atom stereocenters. The van der Waals surface area contributed by atoms with E-state index in [9.17, 15) is 0 Å². The molecule has 0 unspecified atom stereocenters. The number of benzene rings is 16. The van der Waals surface area contributed by atoms with Gasteiger partial charge in [0.2, 0.25) is 0 Å². The van der Waals surface area contributed by atoms with Crippen LogP contribution < -0.4 is 10.2 Å². The average Bonchev–Trinajstić information content (AvgIpc) is 1.45. The van der Waals surface area contributed by atoms with Crippen molar-refractivity contribution < 1.29 is 0 Å². The molecule has 0 saturated heterocycles. The molecule has 4 heteroatoms. The maximum absolute atomic E-state index is 6.46. The maximum atomic E-state index is 6.46. The molecule has 0 aromatic heterocycles. The second-order valence-corrected chi connectivity index (χ2v) is 30.1. The second-order valence-electron chi connectivity index (χ2n) is 29.6. The predicted molar refractivity (Wildman–Crippen MR) is 455 cm³/mol. The average molecular weight is 1400 g/mol. The normalized spacial score (nSPS) is 13.8. The van der Waals surface area contributed by atoms with Crippen LogP contribution in [0.2, 0.25) is 5.02 Å². The zero-order valence-corrected chi connectivity index (χ0v) is 61.8. The van der Waals surface area contributed by atoms with Crippen LogP contribution >= 0.6 is 11.6 Å². The van der Waals surface area contributed by atoms with Crippen molar-refractivity contribution in [2.24, 2.45) is 0 Å². The third-order valence-corrected chi connectivity index (χ3v) is 23.3. The molecular weight excluding hydrogens is 1320 g/mol. The second kappa shape index (κ2) is 28.1. The molecule has 4 aliphatic carbocycles. The van der Waals surface area contributed by atoms with E-state index in [0.717, 1.165) is 33.5 Å². The van der Waals surface area contributed by atoms with Crippen molar-refractivity contribution in [3.63, 3.8) is 0 Å². The number of anilines is 5. The van der Waals surface area contributed by atoms with E-state index in [1.807, 2.05) is 18.2 Å². The highest BCUT2D eigenvalue weighted by atomic mass is 35.5. The first-order valence-corrected chi connectivity index (χ1v) is 37.6. The summed E-state index contributed by atoms with van der Waals surface area (Å²) in [5.41, 5.74) is 36.1. The summed E-state index contributed by atoms with van der Waals surface area (Å²) >= 11 is 6.46. The van der Waals surface area contributed by atoms with Gasteiger partial charge in [-0.2, -0.15) is 0 Å². The van der Waals surface area contributed by atoms with E-state index >= 15 is 0 Å². The Balaban J connectivity index is 0.000000131. The Morgan fingerprint density at radius 3 is 0.787 bits per heavy atom. The van der Waals surface area contributed by atoms with Crippen LogP contribution in [0.15, 0.2) is 400 Å². The largest absolute Gasteiger partial charge is 0.356 e. The lowest BCUT2D eigenvalue weighted by Gasteiger charge is -2.46. The highest BCUT2D eigenvalue weighted by molar-refractivity contribution is 6.31. The van der Waals surface area contributed by atoms with Gasteiger partial charge in [0.15, 0.2) is 0 Å². The predicted octanol–water partition coefficient (Wildman–Crippen LogP) is 27.2. The summed E-state index contributed by atoms with van der Waals surface area (Å²) in [6, 6.07) is 145. The summed E-state index contributed by atoms with van der Waals surface area (Å²) in [5, 5.41) is 4.25. The quantitative estimate of drug-likeness (QED) is 0.145. The number of hydrogen-bond acceptors (Lipinski definition) is 2. The molecule has 108 heavy (non-hydrogen) atoms. The van der Waals surface area contributed by atoms with Gasteiger partial charge in [0, 0.05) is 52.7 Å². The number of fused-ring (bicyclic) bond motifs is 18. The number of nitrogens with zero attached hydrogens (tertiary/aromatic N) is 1. The van der Waals surface area contributed by atoms with Crippen LogP contribution in [0.1, 0.15) is 94.5 Å². The van der Waals surface area contributed by atoms with Gasteiger partial charge in [-0.05, 0) is 206 Å². The fourth-order valence-electron chi connectivity index (χ4n) is 18.1. The smallest absolute Gasteiger partial charge is 0.0719 e. The van der Waals surface area contributed by atoms with Gasteiger partial charge in [0.05, 0.1) is 10.8 Å². The highest BCUT2D eigenvalue weighted by Gasteiger charge is 2.55. The lowest BCUT2D eigenvalue weighted by atomic mass is 9.55. The minimum atomic E-state index is -0.410. The first kappa shape index (κ1) is 68.6. The molecule has 0 fully saturated rings. The van der Waals surface area contributed by atoms with Crippen molar-refractivity contribution in [3.05, 3.63) is 472 Å². The number of nitrogens with one attached hydrogen (secondary N) is 1. The molecule has 515 valence electrons. The molecule has 0 saturated carbocycles. The molecule has 3 radical (unpaired) electrons. The lowest BCUT2D eigenvalue weighted by Crippen LogP contribution is -2.40. The minimum absolute atomic E-state index is 0. The van der Waals surface area contributed by atoms with E-state index in [4.69, 9.17) is 11.6 Å². The minimum Gasteiger partial charge on any atom is -0.356 e. The number of hydrogen-bond donors (Lipinski definition) is 1. The van der Waals surface area contributed by atoms with Crippen molar-refractivity contribution in [3.8, 4) is 66.8 Å². The monoisotopic (exact) mass is 1400 g/mol. The van der Waals surface area contributed by atoms with Crippen molar-refractivity contribution in [2.75, 3.05) is 10.2 Å². The Labute approximate surface area is 642 Å².